The van der Waals surface area contributed by atoms with Gasteiger partial charge < -0.3 is 20.3 Å². The lowest BCUT2D eigenvalue weighted by Crippen LogP contribution is -2.21. The van der Waals surface area contributed by atoms with Crippen LogP contribution in [0.5, 0.6) is 0 Å². The van der Waals surface area contributed by atoms with Crippen molar-refractivity contribution in [3.63, 3.8) is 0 Å². The summed E-state index contributed by atoms with van der Waals surface area (Å²) in [6.07, 6.45) is 0. The van der Waals surface area contributed by atoms with Crippen molar-refractivity contribution in [3.8, 4) is 0 Å². The maximum Gasteiger partial charge on any atom is 0.346 e. The first-order chi connectivity index (χ1) is 10.4. The first-order valence-electron chi connectivity index (χ1n) is 6.64. The molecule has 3 N–H and O–H groups in total. The summed E-state index contributed by atoms with van der Waals surface area (Å²) >= 11 is 0. The van der Waals surface area contributed by atoms with Gasteiger partial charge in [0.1, 0.15) is 5.56 Å². The molecule has 2 rings (SSSR count). The number of nitrogens with zero attached hydrogens (tertiary/aromatic N) is 1. The highest BCUT2D eigenvalue weighted by molar-refractivity contribution is 5.98. The first kappa shape index (κ1) is 15.6. The maximum absolute atomic E-state index is 11.9. The van der Waals surface area contributed by atoms with E-state index in [0.717, 1.165) is 11.1 Å². The zero-order valence-electron chi connectivity index (χ0n) is 12.6. The average molecular weight is 303 g/mol. The number of ether oxygens (including phenoxy) is 1. The van der Waals surface area contributed by atoms with E-state index < -0.39 is 18.5 Å². The van der Waals surface area contributed by atoms with E-state index in [2.05, 4.69) is 15.0 Å². The second-order valence-corrected chi connectivity index (χ2v) is 4.95. The van der Waals surface area contributed by atoms with Gasteiger partial charge in [-0.25, -0.2) is 4.79 Å². The zero-order valence-corrected chi connectivity index (χ0v) is 12.6. The van der Waals surface area contributed by atoms with Gasteiger partial charge in [0.05, 0.1) is 5.69 Å². The normalized spacial score (nSPS) is 10.3. The third kappa shape index (κ3) is 3.43. The highest BCUT2D eigenvalue weighted by atomic mass is 16.5. The molecule has 1 aromatic heterocycles. The van der Waals surface area contributed by atoms with Crippen LogP contribution in [0.3, 0.4) is 0 Å². The van der Waals surface area contributed by atoms with E-state index in [1.807, 2.05) is 32.0 Å². The minimum absolute atomic E-state index is 0.0412. The highest BCUT2D eigenvalue weighted by Gasteiger charge is 2.20. The molecule has 0 radical (unpaired) electrons. The quantitative estimate of drug-likeness (QED) is 0.836. The van der Waals surface area contributed by atoms with Crippen LogP contribution in [-0.2, 0) is 9.53 Å². The summed E-state index contributed by atoms with van der Waals surface area (Å²) in [5.41, 5.74) is 8.46. The van der Waals surface area contributed by atoms with Crippen LogP contribution in [0.4, 0.5) is 11.6 Å². The third-order valence-electron chi connectivity index (χ3n) is 3.09. The second kappa shape index (κ2) is 6.30. The van der Waals surface area contributed by atoms with Gasteiger partial charge >= 0.3 is 5.97 Å². The number of benzene rings is 1. The van der Waals surface area contributed by atoms with Crippen LogP contribution in [0.25, 0.3) is 0 Å². The van der Waals surface area contributed by atoms with E-state index in [0.29, 0.717) is 11.4 Å². The average Bonchev–Trinajstić information content (AvgIpc) is 2.80. The van der Waals surface area contributed by atoms with Crippen LogP contribution in [-0.4, -0.2) is 23.6 Å². The Morgan fingerprint density at radius 3 is 2.68 bits per heavy atom. The van der Waals surface area contributed by atoms with Gasteiger partial charge in [0.15, 0.2) is 6.61 Å². The predicted molar refractivity (Wildman–Crippen MR) is 80.5 cm³/mol. The van der Waals surface area contributed by atoms with Crippen LogP contribution < -0.4 is 11.1 Å². The van der Waals surface area contributed by atoms with Gasteiger partial charge in [-0.3, -0.25) is 4.79 Å². The molecule has 1 heterocycles. The van der Waals surface area contributed by atoms with E-state index in [1.54, 1.807) is 6.92 Å². The number of esters is 1. The van der Waals surface area contributed by atoms with Crippen LogP contribution in [0.1, 0.15) is 27.2 Å². The summed E-state index contributed by atoms with van der Waals surface area (Å²) in [7, 11) is 0. The Balaban J connectivity index is 1.96. The Hall–Kier alpha value is -2.83. The summed E-state index contributed by atoms with van der Waals surface area (Å²) < 4.78 is 9.60. The number of rotatable bonds is 4. The van der Waals surface area contributed by atoms with Gasteiger partial charge in [-0.2, -0.15) is 0 Å². The molecule has 0 aliphatic carbocycles. The third-order valence-corrected chi connectivity index (χ3v) is 3.09. The summed E-state index contributed by atoms with van der Waals surface area (Å²) in [6.45, 7) is 4.94. The second-order valence-electron chi connectivity index (χ2n) is 4.95. The SMILES string of the molecule is Cc1ccc(C)c(NC(=O)COC(=O)c2c(C)noc2N)c1. The molecule has 0 atom stereocenters. The van der Waals surface area contributed by atoms with Crippen LogP contribution in [0, 0.1) is 20.8 Å². The molecule has 0 saturated carbocycles. The molecule has 2 aromatic rings. The molecule has 0 unspecified atom stereocenters. The van der Waals surface area contributed by atoms with E-state index in [1.165, 1.54) is 0 Å². The smallest absolute Gasteiger partial charge is 0.346 e. The minimum Gasteiger partial charge on any atom is -0.452 e. The Morgan fingerprint density at radius 1 is 1.32 bits per heavy atom. The van der Waals surface area contributed by atoms with Gasteiger partial charge in [0.25, 0.3) is 5.91 Å². The van der Waals surface area contributed by atoms with Gasteiger partial charge in [0, 0.05) is 5.69 Å². The molecule has 7 nitrogen and oxygen atoms in total. The molecule has 0 spiro atoms. The van der Waals surface area contributed by atoms with Crippen molar-refractivity contribution in [2.45, 2.75) is 20.8 Å². The molecule has 0 aliphatic heterocycles. The fraction of sp³-hybridized carbons (Fsp3) is 0.267. The standard InChI is InChI=1S/C15H17N3O4/c1-8-4-5-9(2)11(6-8)17-12(19)7-21-15(20)13-10(3)18-22-14(13)16/h4-6H,7,16H2,1-3H3,(H,17,19). The Morgan fingerprint density at radius 2 is 2.05 bits per heavy atom. The number of nitrogens with one attached hydrogen (secondary N) is 1. The van der Waals surface area contributed by atoms with Crippen molar-refractivity contribution < 1.29 is 18.8 Å². The van der Waals surface area contributed by atoms with Gasteiger partial charge in [-0.05, 0) is 38.0 Å². The lowest BCUT2D eigenvalue weighted by molar-refractivity contribution is -0.119. The Kier molecular flexibility index (Phi) is 4.45. The van der Waals surface area contributed by atoms with E-state index in [-0.39, 0.29) is 11.4 Å². The molecular formula is C15H17N3O4. The summed E-state index contributed by atoms with van der Waals surface area (Å²) in [5, 5.41) is 6.25. The van der Waals surface area contributed by atoms with E-state index in [4.69, 9.17) is 10.5 Å². The van der Waals surface area contributed by atoms with Crippen LogP contribution in [0.2, 0.25) is 0 Å². The van der Waals surface area contributed by atoms with Gasteiger partial charge in [-0.1, -0.05) is 17.3 Å². The number of nitrogen functional groups attached to an aromatic ring is 1. The number of nitrogens with two attached hydrogens (primary N) is 1. The fourth-order valence-corrected chi connectivity index (χ4v) is 1.90. The largest absolute Gasteiger partial charge is 0.452 e. The predicted octanol–water partition coefficient (Wildman–Crippen LogP) is 1.98. The lowest BCUT2D eigenvalue weighted by Gasteiger charge is -2.09. The maximum atomic E-state index is 11.9. The monoisotopic (exact) mass is 303 g/mol. The minimum atomic E-state index is -0.743. The van der Waals surface area contributed by atoms with Crippen molar-refractivity contribution in [3.05, 3.63) is 40.6 Å². The molecule has 7 heteroatoms. The van der Waals surface area contributed by atoms with Crippen molar-refractivity contribution in [1.29, 1.82) is 0 Å². The van der Waals surface area contributed by atoms with Crippen molar-refractivity contribution >= 4 is 23.4 Å². The fourth-order valence-electron chi connectivity index (χ4n) is 1.90. The zero-order chi connectivity index (χ0) is 16.3. The molecule has 22 heavy (non-hydrogen) atoms. The lowest BCUT2D eigenvalue weighted by atomic mass is 10.1. The summed E-state index contributed by atoms with van der Waals surface area (Å²) in [4.78, 5) is 23.7. The molecule has 1 aromatic carbocycles. The van der Waals surface area contributed by atoms with Crippen molar-refractivity contribution in [2.75, 3.05) is 17.7 Å². The number of hydrogen-bond donors (Lipinski definition) is 2. The van der Waals surface area contributed by atoms with Crippen molar-refractivity contribution in [2.24, 2.45) is 0 Å². The Labute approximate surface area is 127 Å². The van der Waals surface area contributed by atoms with E-state index >= 15 is 0 Å². The first-order valence-corrected chi connectivity index (χ1v) is 6.64. The number of hydrogen-bond acceptors (Lipinski definition) is 6. The number of aromatic nitrogens is 1. The highest BCUT2D eigenvalue weighted by Crippen LogP contribution is 2.18. The summed E-state index contributed by atoms with van der Waals surface area (Å²) in [6, 6.07) is 5.69. The van der Waals surface area contributed by atoms with Crippen molar-refractivity contribution in [1.82, 2.24) is 5.16 Å². The molecule has 0 aliphatic rings. The molecule has 116 valence electrons. The number of carbonyl (C=O) groups is 2. The Bertz CT molecular complexity index is 702. The number of aryl methyl sites for hydroxylation is 3. The summed E-state index contributed by atoms with van der Waals surface area (Å²) in [5.74, 6) is -1.31. The molecule has 0 saturated heterocycles. The number of carbonyl (C=O) groups excluding carboxylic acids is 2. The molecule has 0 bridgehead atoms. The molecule has 0 fully saturated rings. The van der Waals surface area contributed by atoms with Crippen LogP contribution >= 0.6 is 0 Å². The topological polar surface area (TPSA) is 107 Å². The van der Waals surface area contributed by atoms with Crippen LogP contribution in [0.15, 0.2) is 22.7 Å². The van der Waals surface area contributed by atoms with Gasteiger partial charge in [-0.15, -0.1) is 0 Å². The number of amides is 1. The molecular weight excluding hydrogens is 286 g/mol. The van der Waals surface area contributed by atoms with Gasteiger partial charge in [0.2, 0.25) is 5.88 Å². The molecule has 1 amide bonds. The number of anilines is 2. The van der Waals surface area contributed by atoms with E-state index in [9.17, 15) is 9.59 Å².